The molecule has 1 heterocycles. The molecule has 1 saturated carbocycles. The van der Waals surface area contributed by atoms with Gasteiger partial charge in [-0.1, -0.05) is 13.8 Å². The van der Waals surface area contributed by atoms with Gasteiger partial charge in [-0.2, -0.15) is 0 Å². The summed E-state index contributed by atoms with van der Waals surface area (Å²) in [6, 6.07) is 2.00. The van der Waals surface area contributed by atoms with Crippen molar-refractivity contribution < 1.29 is 18.4 Å². The van der Waals surface area contributed by atoms with Gasteiger partial charge in [-0.15, -0.1) is 0 Å². The predicted octanol–water partition coefficient (Wildman–Crippen LogP) is 3.48. The minimum absolute atomic E-state index is 0.0247. The number of carbonyl (C=O) groups excluding carboxylic acids is 2. The fourth-order valence-electron chi connectivity index (χ4n) is 4.59. The minimum atomic E-state index is -0.811. The van der Waals surface area contributed by atoms with E-state index in [0.717, 1.165) is 57.3 Å². The molecule has 3 rings (SSSR count). The van der Waals surface area contributed by atoms with Crippen LogP contribution in [0.15, 0.2) is 18.2 Å². The molecule has 8 heteroatoms. The molecular formula is C22H32F2N4O2. The Bertz CT molecular complexity index is 768. The minimum Gasteiger partial charge on any atom is -0.341 e. The number of nitrogens with zero attached hydrogens (tertiary/aromatic N) is 1. The van der Waals surface area contributed by atoms with Crippen molar-refractivity contribution in [3.05, 3.63) is 29.8 Å². The highest BCUT2D eigenvalue weighted by molar-refractivity contribution is 5.89. The van der Waals surface area contributed by atoms with Crippen LogP contribution in [0.1, 0.15) is 46.0 Å². The van der Waals surface area contributed by atoms with Crippen molar-refractivity contribution in [3.63, 3.8) is 0 Å². The Morgan fingerprint density at radius 1 is 1.17 bits per heavy atom. The second-order valence-corrected chi connectivity index (χ2v) is 8.90. The predicted molar refractivity (Wildman–Crippen MR) is 112 cm³/mol. The van der Waals surface area contributed by atoms with Crippen molar-refractivity contribution in [2.24, 2.45) is 23.5 Å². The second-order valence-electron chi connectivity index (χ2n) is 8.90. The monoisotopic (exact) mass is 422 g/mol. The highest BCUT2D eigenvalue weighted by Gasteiger charge is 2.35. The van der Waals surface area contributed by atoms with Crippen LogP contribution in [0.2, 0.25) is 0 Å². The Morgan fingerprint density at radius 3 is 2.47 bits per heavy atom. The average molecular weight is 423 g/mol. The number of nitrogens with one attached hydrogen (secondary N) is 2. The zero-order valence-corrected chi connectivity index (χ0v) is 17.7. The molecule has 0 radical (unpaired) electrons. The number of carbonyl (C=O) groups is 2. The molecule has 2 fully saturated rings. The van der Waals surface area contributed by atoms with E-state index in [-0.39, 0.29) is 23.6 Å². The summed E-state index contributed by atoms with van der Waals surface area (Å²) in [7, 11) is 0. The molecule has 1 aliphatic heterocycles. The molecule has 0 unspecified atom stereocenters. The fraction of sp³-hybridized carbons (Fsp3) is 0.636. The first-order valence-corrected chi connectivity index (χ1v) is 10.8. The summed E-state index contributed by atoms with van der Waals surface area (Å²) >= 11 is 0. The smallest absolute Gasteiger partial charge is 0.319 e. The van der Waals surface area contributed by atoms with Crippen molar-refractivity contribution in [2.45, 2.75) is 58.0 Å². The van der Waals surface area contributed by atoms with Gasteiger partial charge in [-0.3, -0.25) is 4.79 Å². The molecule has 4 N–H and O–H groups in total. The van der Waals surface area contributed by atoms with E-state index < -0.39 is 23.7 Å². The van der Waals surface area contributed by atoms with E-state index in [1.807, 2.05) is 11.8 Å². The maximum absolute atomic E-state index is 13.7. The van der Waals surface area contributed by atoms with Crippen LogP contribution in [0.25, 0.3) is 0 Å². The highest BCUT2D eigenvalue weighted by atomic mass is 19.1. The number of hydrogen-bond donors (Lipinski definition) is 3. The lowest BCUT2D eigenvalue weighted by atomic mass is 9.76. The van der Waals surface area contributed by atoms with Gasteiger partial charge in [-0.25, -0.2) is 13.6 Å². The zero-order chi connectivity index (χ0) is 21.8. The number of likely N-dealkylation sites (tertiary alicyclic amines) is 1. The first kappa shape index (κ1) is 22.5. The molecule has 166 valence electrons. The Labute approximate surface area is 176 Å². The fourth-order valence-corrected chi connectivity index (χ4v) is 4.59. The SMILES string of the molecule is C[C@H]1CCN(C(=O)[C@@H](N)[C@@H](C)C2CCC(NC(=O)Nc3ccc(F)cc3F)CC2)C1. The number of rotatable bonds is 5. The van der Waals surface area contributed by atoms with E-state index in [1.165, 1.54) is 6.07 Å². The van der Waals surface area contributed by atoms with Crippen LogP contribution in [-0.4, -0.2) is 42.0 Å². The third kappa shape index (κ3) is 5.47. The molecule has 0 spiro atoms. The van der Waals surface area contributed by atoms with Crippen LogP contribution < -0.4 is 16.4 Å². The molecule has 1 aromatic carbocycles. The van der Waals surface area contributed by atoms with Crippen LogP contribution >= 0.6 is 0 Å². The number of anilines is 1. The van der Waals surface area contributed by atoms with Crippen LogP contribution in [0.3, 0.4) is 0 Å². The Morgan fingerprint density at radius 2 is 1.87 bits per heavy atom. The number of nitrogens with two attached hydrogens (primary N) is 1. The van der Waals surface area contributed by atoms with E-state index in [4.69, 9.17) is 5.73 Å². The molecular weight excluding hydrogens is 390 g/mol. The molecule has 3 amide bonds. The van der Waals surface area contributed by atoms with Gasteiger partial charge in [0, 0.05) is 25.2 Å². The molecule has 1 aromatic rings. The number of amides is 3. The van der Waals surface area contributed by atoms with Gasteiger partial charge in [0.1, 0.15) is 11.6 Å². The van der Waals surface area contributed by atoms with Gasteiger partial charge in [-0.05, 0) is 62.0 Å². The van der Waals surface area contributed by atoms with E-state index >= 15 is 0 Å². The molecule has 3 atom stereocenters. The van der Waals surface area contributed by atoms with Gasteiger partial charge >= 0.3 is 6.03 Å². The molecule has 1 aliphatic carbocycles. The Kier molecular flexibility index (Phi) is 7.28. The summed E-state index contributed by atoms with van der Waals surface area (Å²) < 4.78 is 26.6. The van der Waals surface area contributed by atoms with Crippen molar-refractivity contribution in [3.8, 4) is 0 Å². The Balaban J connectivity index is 1.44. The van der Waals surface area contributed by atoms with Crippen molar-refractivity contribution in [1.82, 2.24) is 10.2 Å². The van der Waals surface area contributed by atoms with Crippen LogP contribution in [0, 0.1) is 29.4 Å². The van der Waals surface area contributed by atoms with Gasteiger partial charge in [0.05, 0.1) is 11.7 Å². The first-order chi connectivity index (χ1) is 14.2. The van der Waals surface area contributed by atoms with E-state index in [1.54, 1.807) is 0 Å². The van der Waals surface area contributed by atoms with Crippen LogP contribution in [0.5, 0.6) is 0 Å². The number of halogens is 2. The second kappa shape index (κ2) is 9.73. The zero-order valence-electron chi connectivity index (χ0n) is 17.7. The van der Waals surface area contributed by atoms with E-state index in [9.17, 15) is 18.4 Å². The third-order valence-corrected chi connectivity index (χ3v) is 6.62. The van der Waals surface area contributed by atoms with Crippen molar-refractivity contribution >= 4 is 17.6 Å². The third-order valence-electron chi connectivity index (χ3n) is 6.62. The summed E-state index contributed by atoms with van der Waals surface area (Å²) in [5, 5.41) is 5.28. The van der Waals surface area contributed by atoms with Gasteiger partial charge in [0.15, 0.2) is 0 Å². The lowest BCUT2D eigenvalue weighted by molar-refractivity contribution is -0.133. The maximum atomic E-state index is 13.7. The van der Waals surface area contributed by atoms with E-state index in [0.29, 0.717) is 11.8 Å². The highest BCUT2D eigenvalue weighted by Crippen LogP contribution is 2.32. The van der Waals surface area contributed by atoms with Gasteiger partial charge in [0.2, 0.25) is 5.91 Å². The molecule has 6 nitrogen and oxygen atoms in total. The van der Waals surface area contributed by atoms with Gasteiger partial charge < -0.3 is 21.3 Å². The lowest BCUT2D eigenvalue weighted by Crippen LogP contribution is -2.49. The summed E-state index contributed by atoms with van der Waals surface area (Å²) in [4.78, 5) is 26.7. The number of urea groups is 1. The molecule has 0 aromatic heterocycles. The quantitative estimate of drug-likeness (QED) is 0.679. The number of hydrogen-bond acceptors (Lipinski definition) is 3. The van der Waals surface area contributed by atoms with Gasteiger partial charge in [0.25, 0.3) is 0 Å². The van der Waals surface area contributed by atoms with Crippen molar-refractivity contribution in [1.29, 1.82) is 0 Å². The molecule has 0 bridgehead atoms. The largest absolute Gasteiger partial charge is 0.341 e. The summed E-state index contributed by atoms with van der Waals surface area (Å²) in [6.07, 6.45) is 4.32. The molecule has 30 heavy (non-hydrogen) atoms. The molecule has 1 saturated heterocycles. The van der Waals surface area contributed by atoms with Crippen molar-refractivity contribution in [2.75, 3.05) is 18.4 Å². The average Bonchev–Trinajstić information content (AvgIpc) is 3.15. The molecule has 2 aliphatic rings. The summed E-state index contributed by atoms with van der Waals surface area (Å²) in [6.45, 7) is 5.78. The van der Waals surface area contributed by atoms with Crippen LogP contribution in [0.4, 0.5) is 19.3 Å². The normalized spacial score (nSPS) is 26.2. The summed E-state index contributed by atoms with van der Waals surface area (Å²) in [5.41, 5.74) is 6.25. The topological polar surface area (TPSA) is 87.5 Å². The Hall–Kier alpha value is -2.22. The standard InChI is InChI=1S/C22H32F2N4O2/c1-13-9-10-28(12-13)21(29)20(25)14(2)15-3-6-17(7-4-15)26-22(30)27-19-8-5-16(23)11-18(19)24/h5,8,11,13-15,17,20H,3-4,6-7,9-10,12,25H2,1-2H3,(H2,26,27,30)/t13-,14-,15?,17?,20-/m0/s1. The van der Waals surface area contributed by atoms with E-state index in [2.05, 4.69) is 17.6 Å². The summed E-state index contributed by atoms with van der Waals surface area (Å²) in [5.74, 6) is -0.507. The van der Waals surface area contributed by atoms with Crippen LogP contribution in [-0.2, 0) is 4.79 Å². The lowest BCUT2D eigenvalue weighted by Gasteiger charge is -2.35. The first-order valence-electron chi connectivity index (χ1n) is 10.8. The maximum Gasteiger partial charge on any atom is 0.319 e. The number of benzene rings is 1.